The summed E-state index contributed by atoms with van der Waals surface area (Å²) in [7, 11) is 0. The summed E-state index contributed by atoms with van der Waals surface area (Å²) in [4.78, 5) is 11.1. The molecule has 0 fully saturated rings. The molecule has 0 aromatic heterocycles. The lowest BCUT2D eigenvalue weighted by Crippen LogP contribution is -2.23. The van der Waals surface area contributed by atoms with Gasteiger partial charge in [-0.05, 0) is 18.8 Å². The van der Waals surface area contributed by atoms with Gasteiger partial charge in [0, 0.05) is 5.92 Å². The monoisotopic (exact) mass is 151 g/mol. The molecule has 0 bridgehead atoms. The lowest BCUT2D eigenvalue weighted by Gasteiger charge is -2.21. The van der Waals surface area contributed by atoms with E-state index in [0.29, 0.717) is 5.92 Å². The molecule has 1 aliphatic carbocycles. The minimum Gasteiger partial charge on any atom is -0.305 e. The van der Waals surface area contributed by atoms with Crippen LogP contribution in [0.4, 0.5) is 0 Å². The number of nitrogens with one attached hydrogen (secondary N) is 1. The molecule has 0 aromatic carbocycles. The Labute approximate surface area is 66.8 Å². The van der Waals surface area contributed by atoms with Crippen molar-refractivity contribution >= 4 is 12.0 Å². The van der Waals surface area contributed by atoms with Crippen LogP contribution < -0.4 is 0 Å². The molecule has 1 rings (SSSR count). The lowest BCUT2D eigenvalue weighted by atomic mass is 9.83. The molecule has 0 heterocycles. The highest BCUT2D eigenvalue weighted by molar-refractivity contribution is 6.27. The fraction of sp³-hybridized carbons (Fsp3) is 0.556. The van der Waals surface area contributed by atoms with Gasteiger partial charge in [0.2, 0.25) is 0 Å². The summed E-state index contributed by atoms with van der Waals surface area (Å²) in [6.07, 6.45) is 7.01. The predicted octanol–water partition coefficient (Wildman–Crippen LogP) is 1.81. The highest BCUT2D eigenvalue weighted by Crippen LogP contribution is 2.24. The van der Waals surface area contributed by atoms with Crippen LogP contribution in [-0.4, -0.2) is 12.0 Å². The number of carbonyl (C=O) groups excluding carboxylic acids is 1. The highest BCUT2D eigenvalue weighted by Gasteiger charge is 2.22. The van der Waals surface area contributed by atoms with Gasteiger partial charge < -0.3 is 5.41 Å². The Kier molecular flexibility index (Phi) is 2.58. The Bertz CT molecular complexity index is 196. The number of carbonyl (C=O) groups is 1. The van der Waals surface area contributed by atoms with Crippen LogP contribution in [-0.2, 0) is 4.79 Å². The van der Waals surface area contributed by atoms with E-state index in [1.165, 1.54) is 0 Å². The molecule has 11 heavy (non-hydrogen) atoms. The van der Waals surface area contributed by atoms with Gasteiger partial charge in [0.1, 0.15) is 0 Å². The van der Waals surface area contributed by atoms with Crippen molar-refractivity contribution in [2.45, 2.75) is 19.8 Å². The second kappa shape index (κ2) is 3.46. The van der Waals surface area contributed by atoms with Gasteiger partial charge in [0.25, 0.3) is 0 Å². The standard InChI is InChI=1S/C9H13NO/c1-7-4-2-3-5-8(7)9(11)6-10/h2,4,6-8,10H,3,5H2,1H3. The van der Waals surface area contributed by atoms with Crippen LogP contribution in [0, 0.1) is 17.2 Å². The smallest absolute Gasteiger partial charge is 0.176 e. The molecule has 0 saturated carbocycles. The first-order chi connectivity index (χ1) is 5.25. The third kappa shape index (κ3) is 1.76. The van der Waals surface area contributed by atoms with Gasteiger partial charge in [-0.2, -0.15) is 0 Å². The van der Waals surface area contributed by atoms with Crippen molar-refractivity contribution in [1.29, 1.82) is 5.41 Å². The number of allylic oxidation sites excluding steroid dienone is 2. The van der Waals surface area contributed by atoms with Crippen LogP contribution in [0.5, 0.6) is 0 Å². The molecule has 0 saturated heterocycles. The van der Waals surface area contributed by atoms with Crippen LogP contribution >= 0.6 is 0 Å². The Hall–Kier alpha value is -0.920. The fourth-order valence-corrected chi connectivity index (χ4v) is 1.49. The Morgan fingerprint density at radius 1 is 1.73 bits per heavy atom. The maximum absolute atomic E-state index is 11.1. The second-order valence-corrected chi connectivity index (χ2v) is 3.02. The molecule has 0 aliphatic heterocycles. The first-order valence-corrected chi connectivity index (χ1v) is 3.96. The number of hydrogen-bond acceptors (Lipinski definition) is 2. The average molecular weight is 151 g/mol. The van der Waals surface area contributed by atoms with E-state index in [-0.39, 0.29) is 11.7 Å². The number of Topliss-reactive ketones (excluding diaryl/α,β-unsaturated/α-hetero) is 1. The maximum atomic E-state index is 11.1. The molecule has 0 radical (unpaired) electrons. The van der Waals surface area contributed by atoms with Crippen molar-refractivity contribution in [3.8, 4) is 0 Å². The minimum atomic E-state index is -0.0261. The first-order valence-electron chi connectivity index (χ1n) is 3.96. The molecule has 2 atom stereocenters. The molecule has 60 valence electrons. The van der Waals surface area contributed by atoms with Crippen LogP contribution in [0.25, 0.3) is 0 Å². The van der Waals surface area contributed by atoms with E-state index >= 15 is 0 Å². The lowest BCUT2D eigenvalue weighted by molar-refractivity contribution is -0.117. The largest absolute Gasteiger partial charge is 0.305 e. The van der Waals surface area contributed by atoms with E-state index in [0.717, 1.165) is 19.1 Å². The van der Waals surface area contributed by atoms with E-state index in [9.17, 15) is 4.79 Å². The van der Waals surface area contributed by atoms with Gasteiger partial charge in [-0.25, -0.2) is 0 Å². The van der Waals surface area contributed by atoms with Crippen molar-refractivity contribution in [2.75, 3.05) is 0 Å². The summed E-state index contributed by atoms with van der Waals surface area (Å²) in [6.45, 7) is 2.03. The van der Waals surface area contributed by atoms with E-state index in [4.69, 9.17) is 5.41 Å². The summed E-state index contributed by atoms with van der Waals surface area (Å²) >= 11 is 0. The molecule has 0 amide bonds. The molecular formula is C9H13NO. The Morgan fingerprint density at radius 3 is 3.00 bits per heavy atom. The van der Waals surface area contributed by atoms with Gasteiger partial charge in [-0.1, -0.05) is 19.1 Å². The summed E-state index contributed by atoms with van der Waals surface area (Å²) in [5.74, 6) is 0.359. The van der Waals surface area contributed by atoms with Crippen LogP contribution in [0.3, 0.4) is 0 Å². The van der Waals surface area contributed by atoms with Gasteiger partial charge in [0.05, 0.1) is 6.21 Å². The van der Waals surface area contributed by atoms with Crippen molar-refractivity contribution < 1.29 is 4.79 Å². The maximum Gasteiger partial charge on any atom is 0.176 e. The fourth-order valence-electron chi connectivity index (χ4n) is 1.49. The SMILES string of the molecule is CC1C=CCCC1C(=O)C=N. The number of ketones is 1. The van der Waals surface area contributed by atoms with E-state index in [1.807, 2.05) is 6.92 Å². The van der Waals surface area contributed by atoms with Gasteiger partial charge in [-0.3, -0.25) is 4.79 Å². The quantitative estimate of drug-likeness (QED) is 0.474. The summed E-state index contributed by atoms with van der Waals surface area (Å²) in [5, 5.41) is 6.84. The van der Waals surface area contributed by atoms with Crippen LogP contribution in [0.15, 0.2) is 12.2 Å². The molecule has 2 heteroatoms. The van der Waals surface area contributed by atoms with Crippen molar-refractivity contribution in [1.82, 2.24) is 0 Å². The normalized spacial score (nSPS) is 29.9. The number of rotatable bonds is 2. The third-order valence-electron chi connectivity index (χ3n) is 2.23. The molecule has 2 nitrogen and oxygen atoms in total. The zero-order valence-corrected chi connectivity index (χ0v) is 6.71. The zero-order chi connectivity index (χ0) is 8.27. The summed E-state index contributed by atoms with van der Waals surface area (Å²) in [5.41, 5.74) is 0. The Morgan fingerprint density at radius 2 is 2.45 bits per heavy atom. The van der Waals surface area contributed by atoms with Gasteiger partial charge >= 0.3 is 0 Å². The molecule has 1 aliphatic rings. The van der Waals surface area contributed by atoms with E-state index in [1.54, 1.807) is 0 Å². The van der Waals surface area contributed by atoms with Crippen LogP contribution in [0.2, 0.25) is 0 Å². The summed E-state index contributed by atoms with van der Waals surface area (Å²) < 4.78 is 0. The highest BCUT2D eigenvalue weighted by atomic mass is 16.1. The molecule has 2 unspecified atom stereocenters. The topological polar surface area (TPSA) is 40.9 Å². The van der Waals surface area contributed by atoms with Crippen molar-refractivity contribution in [3.63, 3.8) is 0 Å². The third-order valence-corrected chi connectivity index (χ3v) is 2.23. The molecule has 1 N–H and O–H groups in total. The summed E-state index contributed by atoms with van der Waals surface area (Å²) in [6, 6.07) is 0. The average Bonchev–Trinajstić information content (AvgIpc) is 2.04. The second-order valence-electron chi connectivity index (χ2n) is 3.02. The van der Waals surface area contributed by atoms with Crippen molar-refractivity contribution in [3.05, 3.63) is 12.2 Å². The van der Waals surface area contributed by atoms with Crippen LogP contribution in [0.1, 0.15) is 19.8 Å². The molecule has 0 aromatic rings. The van der Waals surface area contributed by atoms with E-state index in [2.05, 4.69) is 12.2 Å². The predicted molar refractivity (Wildman–Crippen MR) is 44.8 cm³/mol. The molecular weight excluding hydrogens is 138 g/mol. The zero-order valence-electron chi connectivity index (χ0n) is 6.71. The number of hydrogen-bond donors (Lipinski definition) is 1. The minimum absolute atomic E-state index is 0.0261. The van der Waals surface area contributed by atoms with Gasteiger partial charge in [-0.15, -0.1) is 0 Å². The van der Waals surface area contributed by atoms with Crippen molar-refractivity contribution in [2.24, 2.45) is 11.8 Å². The molecule has 0 spiro atoms. The Balaban J connectivity index is 2.64. The van der Waals surface area contributed by atoms with Gasteiger partial charge in [0.15, 0.2) is 5.78 Å². The first kappa shape index (κ1) is 8.18. The van der Waals surface area contributed by atoms with E-state index < -0.39 is 0 Å².